The molecule has 1 aliphatic rings. The number of sulfonamides is 1. The minimum atomic E-state index is -3.95. The lowest BCUT2D eigenvalue weighted by molar-refractivity contribution is 0.177. The van der Waals surface area contributed by atoms with E-state index in [-0.39, 0.29) is 10.6 Å². The van der Waals surface area contributed by atoms with E-state index in [4.69, 9.17) is 0 Å². The molecule has 28 heavy (non-hydrogen) atoms. The summed E-state index contributed by atoms with van der Waals surface area (Å²) in [7, 11) is -3.95. The molecule has 0 radical (unpaired) electrons. The fourth-order valence-corrected chi connectivity index (χ4v) is 4.16. The average Bonchev–Trinajstić information content (AvgIpc) is 2.65. The SMILES string of the molecule is CC(C)N1CCC(Nc2ccc(S(=O)(=O)Nc3ccc(F)c(F)c3)cn2)CC1. The van der Waals surface area contributed by atoms with Crippen molar-refractivity contribution in [1.82, 2.24) is 9.88 Å². The molecule has 2 heterocycles. The Morgan fingerprint density at radius 2 is 1.82 bits per heavy atom. The Kier molecular flexibility index (Phi) is 6.14. The first-order valence-electron chi connectivity index (χ1n) is 9.19. The van der Waals surface area contributed by atoms with Crippen molar-refractivity contribution in [2.45, 2.75) is 43.7 Å². The van der Waals surface area contributed by atoms with E-state index in [0.717, 1.165) is 44.1 Å². The molecule has 0 atom stereocenters. The first kappa shape index (κ1) is 20.5. The van der Waals surface area contributed by atoms with E-state index in [0.29, 0.717) is 17.9 Å². The normalized spacial score (nSPS) is 16.3. The quantitative estimate of drug-likeness (QED) is 0.763. The van der Waals surface area contributed by atoms with E-state index < -0.39 is 21.7 Å². The van der Waals surface area contributed by atoms with E-state index in [1.165, 1.54) is 12.3 Å². The van der Waals surface area contributed by atoms with Crippen LogP contribution in [0.2, 0.25) is 0 Å². The highest BCUT2D eigenvalue weighted by molar-refractivity contribution is 7.92. The molecule has 6 nitrogen and oxygen atoms in total. The van der Waals surface area contributed by atoms with Crippen LogP contribution in [0.15, 0.2) is 41.4 Å². The number of pyridine rings is 1. The summed E-state index contributed by atoms with van der Waals surface area (Å²) in [5, 5.41) is 3.34. The molecule has 1 aliphatic heterocycles. The number of hydrogen-bond donors (Lipinski definition) is 2. The third-order valence-corrected chi connectivity index (χ3v) is 6.20. The highest BCUT2D eigenvalue weighted by Gasteiger charge is 2.21. The van der Waals surface area contributed by atoms with Gasteiger partial charge in [-0.3, -0.25) is 4.72 Å². The smallest absolute Gasteiger partial charge is 0.263 e. The first-order chi connectivity index (χ1) is 13.2. The number of benzene rings is 1. The van der Waals surface area contributed by atoms with Crippen molar-refractivity contribution < 1.29 is 17.2 Å². The Morgan fingerprint density at radius 1 is 1.11 bits per heavy atom. The Labute approximate surface area is 164 Å². The van der Waals surface area contributed by atoms with Gasteiger partial charge in [0.05, 0.1) is 5.69 Å². The Morgan fingerprint density at radius 3 is 2.39 bits per heavy atom. The van der Waals surface area contributed by atoms with E-state index in [1.54, 1.807) is 6.07 Å². The minimum Gasteiger partial charge on any atom is -0.367 e. The van der Waals surface area contributed by atoms with Crippen molar-refractivity contribution in [3.05, 3.63) is 48.2 Å². The third kappa shape index (κ3) is 4.96. The van der Waals surface area contributed by atoms with Crippen LogP contribution in [0.4, 0.5) is 20.3 Å². The number of halogens is 2. The largest absolute Gasteiger partial charge is 0.367 e. The lowest BCUT2D eigenvalue weighted by Gasteiger charge is -2.35. The van der Waals surface area contributed by atoms with Crippen LogP contribution in [-0.4, -0.2) is 43.5 Å². The second-order valence-electron chi connectivity index (χ2n) is 7.16. The van der Waals surface area contributed by atoms with Crippen LogP contribution in [0.3, 0.4) is 0 Å². The van der Waals surface area contributed by atoms with Crippen LogP contribution in [0.1, 0.15) is 26.7 Å². The van der Waals surface area contributed by atoms with Gasteiger partial charge in [-0.2, -0.15) is 0 Å². The molecule has 2 aromatic rings. The van der Waals surface area contributed by atoms with Crippen molar-refractivity contribution in [3.8, 4) is 0 Å². The molecule has 0 spiro atoms. The maximum Gasteiger partial charge on any atom is 0.263 e. The van der Waals surface area contributed by atoms with Gasteiger partial charge < -0.3 is 10.2 Å². The second kappa shape index (κ2) is 8.40. The highest BCUT2D eigenvalue weighted by Crippen LogP contribution is 2.20. The van der Waals surface area contributed by atoms with E-state index in [1.807, 2.05) is 0 Å². The summed E-state index contributed by atoms with van der Waals surface area (Å²) in [5.41, 5.74) is -0.0574. The fourth-order valence-electron chi connectivity index (χ4n) is 3.17. The Bertz CT molecular complexity index is 912. The molecule has 0 unspecified atom stereocenters. The van der Waals surface area contributed by atoms with E-state index in [2.05, 4.69) is 33.8 Å². The number of nitrogens with one attached hydrogen (secondary N) is 2. The average molecular weight is 410 g/mol. The fraction of sp³-hybridized carbons (Fsp3) is 0.421. The van der Waals surface area contributed by atoms with Gasteiger partial charge in [-0.05, 0) is 51.0 Å². The Balaban J connectivity index is 1.62. The number of rotatable bonds is 6. The topological polar surface area (TPSA) is 74.3 Å². The molecule has 1 fully saturated rings. The van der Waals surface area contributed by atoms with Gasteiger partial charge in [-0.1, -0.05) is 0 Å². The van der Waals surface area contributed by atoms with Crippen LogP contribution in [0.5, 0.6) is 0 Å². The summed E-state index contributed by atoms with van der Waals surface area (Å²) in [4.78, 5) is 6.55. The zero-order chi connectivity index (χ0) is 20.3. The van der Waals surface area contributed by atoms with Gasteiger partial charge in [0.1, 0.15) is 10.7 Å². The summed E-state index contributed by atoms with van der Waals surface area (Å²) in [6.45, 7) is 6.39. The van der Waals surface area contributed by atoms with Gasteiger partial charge >= 0.3 is 0 Å². The number of anilines is 2. The molecule has 1 saturated heterocycles. The highest BCUT2D eigenvalue weighted by atomic mass is 32.2. The van der Waals surface area contributed by atoms with E-state index in [9.17, 15) is 17.2 Å². The van der Waals surface area contributed by atoms with Gasteiger partial charge in [-0.15, -0.1) is 0 Å². The standard InChI is InChI=1S/C19H24F2N4O2S/c1-13(2)25-9-7-14(8-10-25)23-19-6-4-16(12-22-19)28(26,27)24-15-3-5-17(20)18(21)11-15/h3-6,11-14,24H,7-10H2,1-2H3,(H,22,23). The van der Waals surface area contributed by atoms with Crippen molar-refractivity contribution in [1.29, 1.82) is 0 Å². The third-order valence-electron chi connectivity index (χ3n) is 4.83. The summed E-state index contributed by atoms with van der Waals surface area (Å²) in [6, 6.07) is 6.68. The number of aromatic nitrogens is 1. The lowest BCUT2D eigenvalue weighted by atomic mass is 10.0. The van der Waals surface area contributed by atoms with Crippen LogP contribution in [-0.2, 0) is 10.0 Å². The van der Waals surface area contributed by atoms with Crippen molar-refractivity contribution >= 4 is 21.5 Å². The summed E-state index contributed by atoms with van der Waals surface area (Å²) < 4.78 is 53.3. The van der Waals surface area contributed by atoms with Gasteiger partial charge in [0, 0.05) is 37.4 Å². The molecule has 3 rings (SSSR count). The molecule has 0 saturated carbocycles. The van der Waals surface area contributed by atoms with Gasteiger partial charge in [0.15, 0.2) is 11.6 Å². The number of piperidine rings is 1. The molecule has 0 amide bonds. The Hall–Kier alpha value is -2.26. The first-order valence-corrected chi connectivity index (χ1v) is 10.7. The van der Waals surface area contributed by atoms with Crippen LogP contribution >= 0.6 is 0 Å². The van der Waals surface area contributed by atoms with Crippen molar-refractivity contribution in [2.75, 3.05) is 23.1 Å². The zero-order valence-electron chi connectivity index (χ0n) is 15.8. The van der Waals surface area contributed by atoms with Crippen LogP contribution in [0, 0.1) is 11.6 Å². The second-order valence-corrected chi connectivity index (χ2v) is 8.84. The number of nitrogens with zero attached hydrogens (tertiary/aromatic N) is 2. The summed E-state index contributed by atoms with van der Waals surface area (Å²) in [5.74, 6) is -1.56. The molecule has 1 aromatic carbocycles. The summed E-state index contributed by atoms with van der Waals surface area (Å²) in [6.07, 6.45) is 3.24. The lowest BCUT2D eigenvalue weighted by Crippen LogP contribution is -2.42. The van der Waals surface area contributed by atoms with Crippen molar-refractivity contribution in [3.63, 3.8) is 0 Å². The monoisotopic (exact) mass is 410 g/mol. The number of hydrogen-bond acceptors (Lipinski definition) is 5. The van der Waals surface area contributed by atoms with Crippen LogP contribution in [0.25, 0.3) is 0 Å². The zero-order valence-corrected chi connectivity index (χ0v) is 16.6. The van der Waals surface area contributed by atoms with Crippen molar-refractivity contribution in [2.24, 2.45) is 0 Å². The molecule has 152 valence electrons. The predicted molar refractivity (Wildman–Crippen MR) is 105 cm³/mol. The molecule has 0 bridgehead atoms. The maximum atomic E-state index is 13.3. The predicted octanol–water partition coefficient (Wildman–Crippen LogP) is 3.45. The molecule has 0 aliphatic carbocycles. The minimum absolute atomic E-state index is 0.0574. The van der Waals surface area contributed by atoms with E-state index >= 15 is 0 Å². The number of likely N-dealkylation sites (tertiary alicyclic amines) is 1. The molecule has 1 aromatic heterocycles. The molecule has 2 N–H and O–H groups in total. The molecular formula is C19H24F2N4O2S. The molecular weight excluding hydrogens is 386 g/mol. The maximum absolute atomic E-state index is 13.3. The van der Waals surface area contributed by atoms with Crippen LogP contribution < -0.4 is 10.0 Å². The molecule has 9 heteroatoms. The van der Waals surface area contributed by atoms with Gasteiger partial charge in [0.25, 0.3) is 10.0 Å². The summed E-state index contributed by atoms with van der Waals surface area (Å²) >= 11 is 0. The van der Waals surface area contributed by atoms with Gasteiger partial charge in [0.2, 0.25) is 0 Å². The van der Waals surface area contributed by atoms with Gasteiger partial charge in [-0.25, -0.2) is 22.2 Å².